The van der Waals surface area contributed by atoms with Crippen molar-refractivity contribution in [3.05, 3.63) is 41.4 Å². The summed E-state index contributed by atoms with van der Waals surface area (Å²) in [5, 5.41) is 18.6. The normalized spacial score (nSPS) is 12.7. The summed E-state index contributed by atoms with van der Waals surface area (Å²) in [6.07, 6.45) is 1.82. The third-order valence-corrected chi connectivity index (χ3v) is 2.27. The zero-order chi connectivity index (χ0) is 11.5. The molecule has 0 fully saturated rings. The van der Waals surface area contributed by atoms with Crippen molar-refractivity contribution in [3.63, 3.8) is 0 Å². The third-order valence-electron chi connectivity index (χ3n) is 2.27. The van der Waals surface area contributed by atoms with Crippen molar-refractivity contribution < 1.29 is 10.0 Å². The van der Waals surface area contributed by atoms with Gasteiger partial charge in [-0.25, -0.2) is 0 Å². The van der Waals surface area contributed by atoms with Crippen LogP contribution in [0.1, 0.15) is 26.3 Å². The molecule has 0 aliphatic carbocycles. The Hall–Kier alpha value is -1.06. The van der Waals surface area contributed by atoms with Gasteiger partial charge in [0.15, 0.2) is 0 Å². The molecule has 0 bridgehead atoms. The Morgan fingerprint density at radius 2 is 1.67 bits per heavy atom. The van der Waals surface area contributed by atoms with Gasteiger partial charge in [0.05, 0.1) is 0 Å². The fraction of sp³-hybridized carbons (Fsp3) is 0.333. The average Bonchev–Trinajstić information content (AvgIpc) is 2.13. The summed E-state index contributed by atoms with van der Waals surface area (Å²) in [4.78, 5) is 0. The largest absolute Gasteiger partial charge is 0.484 e. The molecule has 0 aliphatic rings. The molecule has 15 heavy (non-hydrogen) atoms. The highest BCUT2D eigenvalue weighted by atomic mass is 16.4. The van der Waals surface area contributed by atoms with E-state index in [1.807, 2.05) is 57.2 Å². The van der Waals surface area contributed by atoms with Crippen molar-refractivity contribution >= 4 is 13.2 Å². The fourth-order valence-corrected chi connectivity index (χ4v) is 1.41. The van der Waals surface area contributed by atoms with Crippen molar-refractivity contribution in [1.82, 2.24) is 0 Å². The molecule has 1 rings (SSSR count). The van der Waals surface area contributed by atoms with Crippen LogP contribution in [0.5, 0.6) is 0 Å². The van der Waals surface area contributed by atoms with Gasteiger partial charge >= 0.3 is 7.12 Å². The van der Waals surface area contributed by atoms with Crippen molar-refractivity contribution in [1.29, 1.82) is 0 Å². The third kappa shape index (κ3) is 3.53. The van der Waals surface area contributed by atoms with Gasteiger partial charge in [-0.2, -0.15) is 0 Å². The first-order valence-corrected chi connectivity index (χ1v) is 5.04. The maximum absolute atomic E-state index is 9.30. The first-order valence-electron chi connectivity index (χ1n) is 5.04. The second-order valence-electron chi connectivity index (χ2n) is 4.63. The molecule has 0 amide bonds. The van der Waals surface area contributed by atoms with Crippen molar-refractivity contribution in [2.75, 3.05) is 0 Å². The lowest BCUT2D eigenvalue weighted by Crippen LogP contribution is -2.26. The van der Waals surface area contributed by atoms with Crippen LogP contribution in [-0.2, 0) is 0 Å². The molecule has 0 unspecified atom stereocenters. The van der Waals surface area contributed by atoms with Gasteiger partial charge in [-0.3, -0.25) is 0 Å². The van der Waals surface area contributed by atoms with Crippen molar-refractivity contribution in [2.45, 2.75) is 20.8 Å². The summed E-state index contributed by atoms with van der Waals surface area (Å²) < 4.78 is 0. The average molecular weight is 204 g/mol. The molecule has 80 valence electrons. The van der Waals surface area contributed by atoms with E-state index in [1.54, 1.807) is 0 Å². The van der Waals surface area contributed by atoms with Crippen LogP contribution in [0.15, 0.2) is 35.8 Å². The first kappa shape index (κ1) is 12.0. The van der Waals surface area contributed by atoms with Gasteiger partial charge in [-0.1, -0.05) is 57.2 Å². The van der Waals surface area contributed by atoms with Gasteiger partial charge in [-0.05, 0) is 16.5 Å². The van der Waals surface area contributed by atoms with Crippen LogP contribution in [0, 0.1) is 5.41 Å². The highest BCUT2D eigenvalue weighted by Gasteiger charge is 2.26. The van der Waals surface area contributed by atoms with Crippen LogP contribution in [0.3, 0.4) is 0 Å². The smallest absolute Gasteiger partial charge is 0.423 e. The minimum absolute atomic E-state index is 0.246. The monoisotopic (exact) mass is 204 g/mol. The van der Waals surface area contributed by atoms with E-state index in [4.69, 9.17) is 0 Å². The highest BCUT2D eigenvalue weighted by Crippen LogP contribution is 2.27. The summed E-state index contributed by atoms with van der Waals surface area (Å²) in [7, 11) is -1.40. The Kier molecular flexibility index (Phi) is 3.72. The molecule has 1 aromatic rings. The van der Waals surface area contributed by atoms with Crippen LogP contribution in [0.4, 0.5) is 0 Å². The zero-order valence-electron chi connectivity index (χ0n) is 9.44. The quantitative estimate of drug-likeness (QED) is 0.724. The molecule has 0 heterocycles. The van der Waals surface area contributed by atoms with Crippen molar-refractivity contribution in [3.8, 4) is 0 Å². The molecule has 0 atom stereocenters. The van der Waals surface area contributed by atoms with Gasteiger partial charge < -0.3 is 10.0 Å². The molecular formula is C12H17BO2. The molecule has 0 aliphatic heterocycles. The van der Waals surface area contributed by atoms with Gasteiger partial charge in [0.25, 0.3) is 0 Å². The number of allylic oxidation sites excluding steroid dienone is 1. The van der Waals surface area contributed by atoms with E-state index < -0.39 is 7.12 Å². The van der Waals surface area contributed by atoms with E-state index in [0.29, 0.717) is 5.47 Å². The molecular weight excluding hydrogens is 187 g/mol. The summed E-state index contributed by atoms with van der Waals surface area (Å²) >= 11 is 0. The SMILES string of the molecule is CC(C)(C)/C(=C/c1ccccc1)B(O)O. The molecule has 0 saturated carbocycles. The van der Waals surface area contributed by atoms with Gasteiger partial charge in [0, 0.05) is 0 Å². The Bertz CT molecular complexity index is 336. The van der Waals surface area contributed by atoms with Crippen LogP contribution < -0.4 is 0 Å². The predicted octanol–water partition coefficient (Wildman–Crippen LogP) is 2.13. The Morgan fingerprint density at radius 1 is 1.13 bits per heavy atom. The number of benzene rings is 1. The maximum Gasteiger partial charge on any atom is 0.484 e. The van der Waals surface area contributed by atoms with Crippen LogP contribution in [-0.4, -0.2) is 17.2 Å². The number of hydrogen-bond acceptors (Lipinski definition) is 2. The molecule has 2 nitrogen and oxygen atoms in total. The maximum atomic E-state index is 9.30. The predicted molar refractivity (Wildman–Crippen MR) is 64.1 cm³/mol. The zero-order valence-corrected chi connectivity index (χ0v) is 9.44. The fourth-order valence-electron chi connectivity index (χ4n) is 1.41. The second-order valence-corrected chi connectivity index (χ2v) is 4.63. The first-order chi connectivity index (χ1) is 6.91. The number of hydrogen-bond donors (Lipinski definition) is 2. The van der Waals surface area contributed by atoms with Crippen LogP contribution in [0.25, 0.3) is 6.08 Å². The van der Waals surface area contributed by atoms with E-state index in [9.17, 15) is 10.0 Å². The number of rotatable bonds is 2. The van der Waals surface area contributed by atoms with E-state index in [0.717, 1.165) is 5.56 Å². The van der Waals surface area contributed by atoms with E-state index >= 15 is 0 Å². The Morgan fingerprint density at radius 3 is 2.07 bits per heavy atom. The second kappa shape index (κ2) is 4.64. The van der Waals surface area contributed by atoms with Gasteiger partial charge in [-0.15, -0.1) is 0 Å². The Labute approximate surface area is 91.4 Å². The minimum Gasteiger partial charge on any atom is -0.423 e. The summed E-state index contributed by atoms with van der Waals surface area (Å²) in [5.41, 5.74) is 1.36. The lowest BCUT2D eigenvalue weighted by molar-refractivity contribution is 0.394. The summed E-state index contributed by atoms with van der Waals surface area (Å²) in [6, 6.07) is 9.66. The molecule has 1 aromatic carbocycles. The minimum atomic E-state index is -1.40. The lowest BCUT2D eigenvalue weighted by Gasteiger charge is -2.22. The van der Waals surface area contributed by atoms with Gasteiger partial charge in [0.2, 0.25) is 0 Å². The molecule has 0 saturated heterocycles. The summed E-state index contributed by atoms with van der Waals surface area (Å²) in [6.45, 7) is 5.88. The highest BCUT2D eigenvalue weighted by molar-refractivity contribution is 6.52. The molecule has 0 radical (unpaired) electrons. The van der Waals surface area contributed by atoms with Crippen LogP contribution >= 0.6 is 0 Å². The molecule has 0 aromatic heterocycles. The van der Waals surface area contributed by atoms with Gasteiger partial charge in [0.1, 0.15) is 0 Å². The van der Waals surface area contributed by atoms with E-state index in [-0.39, 0.29) is 5.41 Å². The van der Waals surface area contributed by atoms with E-state index in [2.05, 4.69) is 0 Å². The van der Waals surface area contributed by atoms with Crippen LogP contribution in [0.2, 0.25) is 0 Å². The molecule has 2 N–H and O–H groups in total. The Balaban J connectivity index is 3.06. The topological polar surface area (TPSA) is 40.5 Å². The summed E-state index contributed by atoms with van der Waals surface area (Å²) in [5.74, 6) is 0. The standard InChI is InChI=1S/C12H17BO2/c1-12(2,3)11(13(14)15)9-10-7-5-4-6-8-10/h4-9,14-15H,1-3H3/b11-9-. The molecule has 3 heteroatoms. The van der Waals surface area contributed by atoms with E-state index in [1.165, 1.54) is 0 Å². The lowest BCUT2D eigenvalue weighted by atomic mass is 9.65. The van der Waals surface area contributed by atoms with Crippen molar-refractivity contribution in [2.24, 2.45) is 5.41 Å². The molecule has 0 spiro atoms.